The van der Waals surface area contributed by atoms with E-state index in [2.05, 4.69) is 16.0 Å². The van der Waals surface area contributed by atoms with Crippen LogP contribution in [0.25, 0.3) is 0 Å². The van der Waals surface area contributed by atoms with Crippen LogP contribution in [0.1, 0.15) is 84.6 Å². The predicted molar refractivity (Wildman–Crippen MR) is 299 cm³/mol. The molecule has 0 spiro atoms. The second-order valence-corrected chi connectivity index (χ2v) is 20.7. The van der Waals surface area contributed by atoms with Crippen molar-refractivity contribution in [2.24, 2.45) is 11.7 Å². The number of nitrogens with two attached hydrogens (primary N) is 1. The fraction of sp³-hybridized carbons (Fsp3) is 0.564. The molecule has 82 heavy (non-hydrogen) atoms. The van der Waals surface area contributed by atoms with Crippen molar-refractivity contribution in [1.82, 2.24) is 20.4 Å². The number of carbonyl (C=O) groups excluding carboxylic acids is 8. The highest BCUT2D eigenvalue weighted by Gasteiger charge is 2.37. The maximum atomic E-state index is 13.6. The number of allylic oxidation sites excluding steroid dienone is 4. The number of unbranched alkanes of at least 4 members (excludes halogenated alkanes) is 1. The summed E-state index contributed by atoms with van der Waals surface area (Å²) in [4.78, 5) is 121. The predicted octanol–water partition coefficient (Wildman–Crippen LogP) is 3.43. The van der Waals surface area contributed by atoms with E-state index in [1.807, 2.05) is 0 Å². The van der Waals surface area contributed by atoms with Gasteiger partial charge in [-0.15, -0.1) is 0 Å². The Kier molecular flexibility index (Phi) is 34.0. The average Bonchev–Trinajstić information content (AvgIpc) is 3.42. The number of likely N-dealkylation sites (N-methyl/N-ethyl adjacent to an activating group) is 2. The number of cyclic esters (lactones) is 1. The van der Waals surface area contributed by atoms with Crippen molar-refractivity contribution < 1.29 is 95.9 Å². The van der Waals surface area contributed by atoms with Crippen LogP contribution in [0.15, 0.2) is 85.0 Å². The van der Waals surface area contributed by atoms with Gasteiger partial charge < -0.3 is 79.9 Å². The molecule has 2 rings (SSSR count). The number of nitrogens with zero attached hydrogens (tertiary/aromatic N) is 2. The number of carbonyl (C=O) groups is 8. The summed E-state index contributed by atoms with van der Waals surface area (Å²) in [5, 5.41) is 29.7. The number of hydrogen-bond donors (Lipinski definition) is 8. The molecule has 0 radical (unpaired) electrons. The molecule has 0 saturated carbocycles. The first-order chi connectivity index (χ1) is 38.8. The van der Waals surface area contributed by atoms with Gasteiger partial charge >= 0.3 is 26.0 Å². The zero-order chi connectivity index (χ0) is 61.1. The van der Waals surface area contributed by atoms with E-state index in [4.69, 9.17) is 38.7 Å². The monoisotopic (exact) mass is 1180 g/mol. The number of Topliss-reactive ketones (excluding diaryl/α,β-unsaturated/α-hetero) is 1. The lowest BCUT2D eigenvalue weighted by Crippen LogP contribution is -2.54. The molecule has 1 aromatic rings. The van der Waals surface area contributed by atoms with E-state index in [0.717, 1.165) is 0 Å². The molecular weight excluding hydrogens is 1100 g/mol. The van der Waals surface area contributed by atoms with Gasteiger partial charge in [0, 0.05) is 71.1 Å². The molecule has 26 nitrogen and oxygen atoms in total. The van der Waals surface area contributed by atoms with E-state index < -0.39 is 92.0 Å². The van der Waals surface area contributed by atoms with E-state index in [1.165, 1.54) is 80.3 Å². The Labute approximate surface area is 478 Å². The summed E-state index contributed by atoms with van der Waals surface area (Å²) in [6.07, 6.45) is 10.7. The molecule has 0 unspecified atom stereocenters. The summed E-state index contributed by atoms with van der Waals surface area (Å²) in [6.45, 7) is 7.78. The lowest BCUT2D eigenvalue weighted by molar-refractivity contribution is -0.141. The van der Waals surface area contributed by atoms with E-state index >= 15 is 0 Å². The Hall–Kier alpha value is -6.61. The Bertz CT molecular complexity index is 2390. The Morgan fingerprint density at radius 1 is 0.841 bits per heavy atom. The highest BCUT2D eigenvalue weighted by Crippen LogP contribution is 2.41. The number of rotatable bonds is 40. The molecule has 0 fully saturated rings. The molecule has 0 saturated heterocycles. The van der Waals surface area contributed by atoms with Crippen LogP contribution in [0, 0.1) is 5.92 Å². The molecule has 458 valence electrons. The van der Waals surface area contributed by atoms with Crippen molar-refractivity contribution in [1.29, 1.82) is 0 Å². The number of phosphoric acid groups is 1. The van der Waals surface area contributed by atoms with Gasteiger partial charge in [-0.25, -0.2) is 18.9 Å². The highest BCUT2D eigenvalue weighted by atomic mass is 31.2. The number of ketones is 1. The quantitative estimate of drug-likeness (QED) is 0.0116. The lowest BCUT2D eigenvalue weighted by atomic mass is 9.93. The van der Waals surface area contributed by atoms with E-state index in [0.29, 0.717) is 56.8 Å². The van der Waals surface area contributed by atoms with E-state index in [-0.39, 0.29) is 77.1 Å². The van der Waals surface area contributed by atoms with Gasteiger partial charge in [-0.3, -0.25) is 28.5 Å². The third kappa shape index (κ3) is 32.7. The summed E-state index contributed by atoms with van der Waals surface area (Å²) < 4.78 is 48.4. The van der Waals surface area contributed by atoms with Gasteiger partial charge in [-0.1, -0.05) is 74.9 Å². The lowest BCUT2D eigenvalue weighted by Gasteiger charge is -2.31. The second-order valence-electron chi connectivity index (χ2n) is 19.5. The van der Waals surface area contributed by atoms with Gasteiger partial charge in [0.25, 0.3) is 0 Å². The van der Waals surface area contributed by atoms with Crippen molar-refractivity contribution in [3.05, 3.63) is 90.6 Å². The van der Waals surface area contributed by atoms with Crippen LogP contribution in [0.5, 0.6) is 0 Å². The first-order valence-corrected chi connectivity index (χ1v) is 28.3. The number of primary amides is 1. The molecule has 0 bridgehead atoms. The van der Waals surface area contributed by atoms with Crippen LogP contribution in [0.2, 0.25) is 0 Å². The highest BCUT2D eigenvalue weighted by molar-refractivity contribution is 7.46. The third-order valence-electron chi connectivity index (χ3n) is 11.9. The molecule has 27 heteroatoms. The SMILES string of the molecule is CC(=O)CCOCCOCCOCCC(=O)N[C@H](C(=O)N[C@@H](CCCCC(N)=O)C(=O)Nc1ccc(COC(=O)N(C)CCN(C)C(=O)OC\C=C/C=C\C=C/[C@@H](O)C[C@H](OP(=O)(O)O)[C@@](C)(O)/C=C/[C@@H]2CC=CC(=O)O2)cc1)C(C)C. The number of benzene rings is 1. The summed E-state index contributed by atoms with van der Waals surface area (Å²) in [5.41, 5.74) is 4.29. The number of hydrogen-bond acceptors (Lipinski definition) is 18. The Morgan fingerprint density at radius 3 is 2.05 bits per heavy atom. The fourth-order valence-corrected chi connectivity index (χ4v) is 7.76. The first kappa shape index (κ1) is 71.5. The zero-order valence-corrected chi connectivity index (χ0v) is 48.4. The van der Waals surface area contributed by atoms with Gasteiger partial charge in [0.1, 0.15) is 48.9 Å². The van der Waals surface area contributed by atoms with Gasteiger partial charge in [0.2, 0.25) is 23.6 Å². The maximum Gasteiger partial charge on any atom is 0.469 e. The molecule has 6 atom stereocenters. The van der Waals surface area contributed by atoms with Gasteiger partial charge in [0.05, 0.1) is 45.7 Å². The smallest absolute Gasteiger partial charge is 0.455 e. The van der Waals surface area contributed by atoms with Crippen LogP contribution in [0.3, 0.4) is 0 Å². The van der Waals surface area contributed by atoms with Crippen LogP contribution >= 0.6 is 7.82 Å². The van der Waals surface area contributed by atoms with E-state index in [9.17, 15) is 62.9 Å². The van der Waals surface area contributed by atoms with Crippen molar-refractivity contribution in [3.8, 4) is 0 Å². The molecule has 1 aliphatic rings. The molecule has 0 aromatic heterocycles. The molecule has 1 aliphatic heterocycles. The van der Waals surface area contributed by atoms with Crippen molar-refractivity contribution in [2.45, 2.75) is 122 Å². The summed E-state index contributed by atoms with van der Waals surface area (Å²) >= 11 is 0. The number of ether oxygens (including phenoxy) is 6. The number of phosphoric ester groups is 1. The molecule has 9 N–H and O–H groups in total. The first-order valence-electron chi connectivity index (χ1n) is 26.7. The topological polar surface area (TPSA) is 368 Å². The molecule has 1 heterocycles. The molecule has 1 aromatic carbocycles. The van der Waals surface area contributed by atoms with Crippen molar-refractivity contribution in [3.63, 3.8) is 0 Å². The normalized spacial score (nSPS) is 15.9. The van der Waals surface area contributed by atoms with Crippen molar-refractivity contribution >= 4 is 61.1 Å². The van der Waals surface area contributed by atoms with Gasteiger partial charge in [0.15, 0.2) is 0 Å². The van der Waals surface area contributed by atoms with Crippen LogP contribution in [0.4, 0.5) is 15.3 Å². The standard InChI is InChI=1S/C55H83N6O20P/c1-39(2)50(59-48(65)26-32-76-34-36-77-35-33-75-31-25-40(3)62)52(68)58-45(17-11-12-18-47(56)64)51(67)57-42-22-20-41(21-23-42)38-79-54(70)61(6)29-28-60(5)53(69)78-30-13-9-7-8-10-15-43(63)37-46(81-82(72,73)74)55(4,71)27-24-44-16-14-19-49(66)80-44/h7-10,13-15,19-24,27,39,43-46,50,63,71H,11-12,16-18,25-26,28-38H2,1-6H3,(H2,56,64)(H,57,67)(H,58,68)(H,59,65)(H2,72,73,74)/b8-7-,13-9-,15-10-,27-24+/t43-,44+,45+,46+,50+,55+/m1/s1. The largest absolute Gasteiger partial charge is 0.469 e. The molecule has 6 amide bonds. The number of aliphatic hydroxyl groups excluding tert-OH is 1. The van der Waals surface area contributed by atoms with Crippen LogP contribution < -0.4 is 21.7 Å². The van der Waals surface area contributed by atoms with Gasteiger partial charge in [-0.05, 0) is 62.5 Å². The third-order valence-corrected chi connectivity index (χ3v) is 12.4. The fourth-order valence-electron chi connectivity index (χ4n) is 7.13. The second kappa shape index (κ2) is 39.0. The Balaban J connectivity index is 1.81. The summed E-state index contributed by atoms with van der Waals surface area (Å²) in [7, 11) is -2.11. The zero-order valence-electron chi connectivity index (χ0n) is 47.5. The molecular formula is C55H83N6O20P. The number of anilines is 1. The number of nitrogens with one attached hydrogen (secondary N) is 3. The summed E-state index contributed by atoms with van der Waals surface area (Å²) in [6, 6.07) is 4.43. The maximum absolute atomic E-state index is 13.6. The van der Waals surface area contributed by atoms with E-state index in [1.54, 1.807) is 56.3 Å². The minimum atomic E-state index is -5.09. The number of esters is 1. The minimum Gasteiger partial charge on any atom is -0.455 e. The van der Waals surface area contributed by atoms with Gasteiger partial charge in [-0.2, -0.15) is 0 Å². The molecule has 0 aliphatic carbocycles. The summed E-state index contributed by atoms with van der Waals surface area (Å²) in [5.74, 6) is -2.94. The van der Waals surface area contributed by atoms with Crippen LogP contribution in [-0.4, -0.2) is 187 Å². The average molecular weight is 1180 g/mol. The number of aliphatic hydroxyl groups is 2. The van der Waals surface area contributed by atoms with Crippen molar-refractivity contribution in [2.75, 3.05) is 78.7 Å². The Morgan fingerprint density at radius 2 is 1.45 bits per heavy atom. The van der Waals surface area contributed by atoms with Crippen LogP contribution in [-0.2, 0) is 72.9 Å². The minimum absolute atomic E-state index is 0.0293. The number of amides is 6.